The van der Waals surface area contributed by atoms with Gasteiger partial charge in [0.1, 0.15) is 17.1 Å². The Balaban J connectivity index is 0.00000272. The minimum atomic E-state index is -0.387. The molecule has 0 aliphatic carbocycles. The van der Waals surface area contributed by atoms with E-state index in [0.29, 0.717) is 28.7 Å². The number of hydrogen-bond acceptors (Lipinski definition) is 5. The highest BCUT2D eigenvalue weighted by atomic mass is 35.5. The van der Waals surface area contributed by atoms with Gasteiger partial charge in [-0.1, -0.05) is 47.7 Å². The molecule has 0 bridgehead atoms. The Morgan fingerprint density at radius 3 is 2.55 bits per heavy atom. The minimum Gasteiger partial charge on any atom is -0.484 e. The average molecular weight is 460 g/mol. The summed E-state index contributed by atoms with van der Waals surface area (Å²) in [4.78, 5) is 21.0. The number of rotatable bonds is 7. The number of hydrogen-bond donors (Lipinski definition) is 0. The highest BCUT2D eigenvalue weighted by Crippen LogP contribution is 2.30. The molecule has 5 nitrogen and oxygen atoms in total. The van der Waals surface area contributed by atoms with E-state index in [1.807, 2.05) is 61.5 Å². The first kappa shape index (κ1) is 22.9. The summed E-state index contributed by atoms with van der Waals surface area (Å²) in [6.07, 6.45) is 0. The van der Waals surface area contributed by atoms with Gasteiger partial charge in [-0.15, -0.1) is 12.4 Å². The predicted molar refractivity (Wildman–Crippen MR) is 127 cm³/mol. The number of fused-ring (bicyclic) bond motifs is 2. The van der Waals surface area contributed by atoms with Crippen molar-refractivity contribution in [1.82, 2.24) is 9.88 Å². The maximum Gasteiger partial charge on any atom is 0.266 e. The Hall–Kier alpha value is -2.74. The van der Waals surface area contributed by atoms with Crippen LogP contribution in [0.5, 0.6) is 5.75 Å². The number of aromatic nitrogens is 1. The van der Waals surface area contributed by atoms with Gasteiger partial charge in [-0.2, -0.15) is 0 Å². The van der Waals surface area contributed by atoms with E-state index in [1.165, 1.54) is 17.4 Å². The zero-order chi connectivity index (χ0) is 21.1. The van der Waals surface area contributed by atoms with Gasteiger partial charge in [-0.25, -0.2) is 9.37 Å². The van der Waals surface area contributed by atoms with Gasteiger partial charge in [0, 0.05) is 13.1 Å². The van der Waals surface area contributed by atoms with Crippen LogP contribution in [-0.4, -0.2) is 49.6 Å². The van der Waals surface area contributed by atoms with Crippen LogP contribution in [-0.2, 0) is 4.79 Å². The molecule has 0 unspecified atom stereocenters. The lowest BCUT2D eigenvalue weighted by Gasteiger charge is -2.22. The van der Waals surface area contributed by atoms with Crippen LogP contribution in [0.4, 0.5) is 9.52 Å². The van der Waals surface area contributed by atoms with Crippen molar-refractivity contribution < 1.29 is 13.9 Å². The number of amides is 1. The van der Waals surface area contributed by atoms with Crippen molar-refractivity contribution in [2.75, 3.05) is 38.7 Å². The number of carbonyl (C=O) groups excluding carboxylic acids is 1. The van der Waals surface area contributed by atoms with Crippen LogP contribution in [0.3, 0.4) is 0 Å². The molecule has 1 amide bonds. The van der Waals surface area contributed by atoms with Crippen LogP contribution in [0, 0.1) is 5.82 Å². The van der Waals surface area contributed by atoms with Crippen LogP contribution in [0.1, 0.15) is 0 Å². The molecule has 0 fully saturated rings. The molecule has 4 aromatic rings. The summed E-state index contributed by atoms with van der Waals surface area (Å²) in [5.41, 5.74) is 0.288. The predicted octanol–water partition coefficient (Wildman–Crippen LogP) is 4.98. The van der Waals surface area contributed by atoms with E-state index in [1.54, 1.807) is 17.0 Å². The van der Waals surface area contributed by atoms with Crippen molar-refractivity contribution in [3.63, 3.8) is 0 Å². The Morgan fingerprint density at radius 1 is 1.03 bits per heavy atom. The second-order valence-electron chi connectivity index (χ2n) is 7.23. The molecule has 1 aromatic heterocycles. The minimum absolute atomic E-state index is 0. The van der Waals surface area contributed by atoms with Crippen LogP contribution >= 0.6 is 23.7 Å². The monoisotopic (exact) mass is 459 g/mol. The largest absolute Gasteiger partial charge is 0.484 e. The van der Waals surface area contributed by atoms with E-state index in [2.05, 4.69) is 4.98 Å². The number of nitrogens with zero attached hydrogens (tertiary/aromatic N) is 3. The van der Waals surface area contributed by atoms with E-state index in [-0.39, 0.29) is 36.3 Å². The summed E-state index contributed by atoms with van der Waals surface area (Å²) in [5, 5.41) is 2.64. The summed E-state index contributed by atoms with van der Waals surface area (Å²) in [7, 11) is 3.87. The molecule has 4 rings (SSSR count). The molecule has 162 valence electrons. The molecule has 1 heterocycles. The molecule has 8 heteroatoms. The lowest BCUT2D eigenvalue weighted by Crippen LogP contribution is -2.39. The van der Waals surface area contributed by atoms with Gasteiger partial charge in [0.2, 0.25) is 0 Å². The molecule has 0 spiro atoms. The maximum absolute atomic E-state index is 14.1. The van der Waals surface area contributed by atoms with E-state index in [9.17, 15) is 9.18 Å². The van der Waals surface area contributed by atoms with Crippen LogP contribution in [0.2, 0.25) is 0 Å². The highest BCUT2D eigenvalue weighted by Gasteiger charge is 2.21. The molecule has 0 atom stereocenters. The van der Waals surface area contributed by atoms with Gasteiger partial charge >= 0.3 is 0 Å². The number of benzene rings is 3. The molecule has 3 aromatic carbocycles. The Morgan fingerprint density at radius 2 is 1.81 bits per heavy atom. The zero-order valence-corrected chi connectivity index (χ0v) is 18.9. The number of anilines is 1. The van der Waals surface area contributed by atoms with Gasteiger partial charge in [0.15, 0.2) is 11.7 Å². The van der Waals surface area contributed by atoms with Gasteiger partial charge < -0.3 is 9.64 Å². The van der Waals surface area contributed by atoms with Crippen molar-refractivity contribution in [3.8, 4) is 5.75 Å². The van der Waals surface area contributed by atoms with Crippen molar-refractivity contribution in [3.05, 3.63) is 66.5 Å². The fraction of sp³-hybridized carbons (Fsp3) is 0.217. The molecule has 0 aliphatic rings. The fourth-order valence-corrected chi connectivity index (χ4v) is 4.15. The maximum atomic E-state index is 14.1. The summed E-state index contributed by atoms with van der Waals surface area (Å²) in [5.74, 6) is 0.0249. The number of para-hydroxylation sites is 1. The molecule has 0 aliphatic heterocycles. The first-order chi connectivity index (χ1) is 14.5. The first-order valence-electron chi connectivity index (χ1n) is 9.63. The Bertz CT molecular complexity index is 1200. The second-order valence-corrected chi connectivity index (χ2v) is 8.24. The first-order valence-corrected chi connectivity index (χ1v) is 10.4. The van der Waals surface area contributed by atoms with E-state index < -0.39 is 0 Å². The zero-order valence-electron chi connectivity index (χ0n) is 17.2. The fourth-order valence-electron chi connectivity index (χ4n) is 3.13. The summed E-state index contributed by atoms with van der Waals surface area (Å²) in [6.45, 7) is 0.971. The molecular weight excluding hydrogens is 437 g/mol. The second kappa shape index (κ2) is 10.0. The molecule has 31 heavy (non-hydrogen) atoms. The van der Waals surface area contributed by atoms with E-state index >= 15 is 0 Å². The lowest BCUT2D eigenvalue weighted by atomic mass is 10.1. The molecular formula is C23H23ClFN3O2S. The number of thiazole rings is 1. The molecule has 0 saturated carbocycles. The summed E-state index contributed by atoms with van der Waals surface area (Å²) < 4.78 is 20.6. The van der Waals surface area contributed by atoms with Crippen LogP contribution < -0.4 is 9.64 Å². The molecule has 0 N–H and O–H groups in total. The third-order valence-electron chi connectivity index (χ3n) is 4.74. The quantitative estimate of drug-likeness (QED) is 0.391. The van der Waals surface area contributed by atoms with Crippen molar-refractivity contribution >= 4 is 55.8 Å². The highest BCUT2D eigenvalue weighted by molar-refractivity contribution is 7.22. The van der Waals surface area contributed by atoms with Crippen molar-refractivity contribution in [2.45, 2.75) is 0 Å². The smallest absolute Gasteiger partial charge is 0.266 e. The Kier molecular flexibility index (Phi) is 7.43. The number of likely N-dealkylation sites (N-methyl/N-ethyl adjacent to an activating group) is 1. The van der Waals surface area contributed by atoms with Crippen LogP contribution in [0.15, 0.2) is 60.7 Å². The number of ether oxygens (including phenoxy) is 1. The standard InChI is InChI=1S/C23H22FN3O2S.ClH/c1-26(2)12-13-27(23-25-22-19(24)8-5-9-20(22)30-23)21(28)15-29-18-11-10-16-6-3-4-7-17(16)14-18;/h3-11,14H,12-13,15H2,1-2H3;1H. The van der Waals surface area contributed by atoms with E-state index in [0.717, 1.165) is 10.8 Å². The summed E-state index contributed by atoms with van der Waals surface area (Å²) >= 11 is 1.30. The Labute approximate surface area is 190 Å². The lowest BCUT2D eigenvalue weighted by molar-refractivity contribution is -0.120. The topological polar surface area (TPSA) is 45.7 Å². The molecule has 0 radical (unpaired) electrons. The average Bonchev–Trinajstić information content (AvgIpc) is 3.17. The SMILES string of the molecule is CN(C)CCN(C(=O)COc1ccc2ccccc2c1)c1nc2c(F)cccc2s1.Cl. The van der Waals surface area contributed by atoms with Gasteiger partial charge in [0.05, 0.1) is 4.70 Å². The summed E-state index contributed by atoms with van der Waals surface area (Å²) in [6, 6.07) is 18.5. The third kappa shape index (κ3) is 5.31. The van der Waals surface area contributed by atoms with Crippen molar-refractivity contribution in [2.24, 2.45) is 0 Å². The normalized spacial score (nSPS) is 11.0. The third-order valence-corrected chi connectivity index (χ3v) is 5.79. The van der Waals surface area contributed by atoms with Gasteiger partial charge in [-0.3, -0.25) is 9.69 Å². The van der Waals surface area contributed by atoms with Gasteiger partial charge in [-0.05, 0) is 49.1 Å². The number of carbonyl (C=O) groups is 1. The van der Waals surface area contributed by atoms with E-state index in [4.69, 9.17) is 4.74 Å². The molecule has 0 saturated heterocycles. The van der Waals surface area contributed by atoms with Crippen LogP contribution in [0.25, 0.3) is 21.0 Å². The number of halogens is 2. The van der Waals surface area contributed by atoms with Crippen molar-refractivity contribution in [1.29, 1.82) is 0 Å². The van der Waals surface area contributed by atoms with Gasteiger partial charge in [0.25, 0.3) is 5.91 Å².